The highest BCUT2D eigenvalue weighted by atomic mass is 32.2. The van der Waals surface area contributed by atoms with Crippen LogP contribution in [0.3, 0.4) is 0 Å². The number of carbonyl (C=O) groups is 3. The summed E-state index contributed by atoms with van der Waals surface area (Å²) in [6, 6.07) is 8.02. The Morgan fingerprint density at radius 3 is 2.47 bits per heavy atom. The maximum absolute atomic E-state index is 13.4. The van der Waals surface area contributed by atoms with Gasteiger partial charge in [0.2, 0.25) is 15.9 Å². The average molecular weight is 615 g/mol. The number of nitrogens with one attached hydrogen (secondary N) is 3. The number of nitrogens with zero attached hydrogens (tertiary/aromatic N) is 6. The van der Waals surface area contributed by atoms with E-state index in [1.165, 1.54) is 22.2 Å². The number of carbonyl (C=O) groups excluding carboxylic acids is 3. The van der Waals surface area contributed by atoms with Crippen molar-refractivity contribution < 1.29 is 31.7 Å². The van der Waals surface area contributed by atoms with Crippen LogP contribution in [-0.4, -0.2) is 102 Å². The third-order valence-corrected chi connectivity index (χ3v) is 8.48. The predicted octanol–water partition coefficient (Wildman–Crippen LogP) is 1.05. The number of sulfonamides is 1. The Hall–Kier alpha value is -4.57. The van der Waals surface area contributed by atoms with Crippen molar-refractivity contribution in [3.05, 3.63) is 41.7 Å². The van der Waals surface area contributed by atoms with Crippen LogP contribution in [0.15, 0.2) is 30.3 Å². The number of aromatic nitrogens is 4. The average Bonchev–Trinajstić information content (AvgIpc) is 3.77. The van der Waals surface area contributed by atoms with Gasteiger partial charge in [-0.3, -0.25) is 19.1 Å². The first-order valence-corrected chi connectivity index (χ1v) is 15.2. The van der Waals surface area contributed by atoms with Crippen molar-refractivity contribution in [1.29, 1.82) is 0 Å². The van der Waals surface area contributed by atoms with Crippen LogP contribution in [0.2, 0.25) is 0 Å². The van der Waals surface area contributed by atoms with E-state index in [9.17, 15) is 22.8 Å². The Morgan fingerprint density at radius 1 is 1.07 bits per heavy atom. The molecule has 5 rings (SSSR count). The molecule has 15 nitrogen and oxygen atoms in total. The third kappa shape index (κ3) is 6.44. The third-order valence-electron chi connectivity index (χ3n) is 7.18. The molecule has 0 radical (unpaired) electrons. The molecule has 0 atom stereocenters. The second-order valence-corrected chi connectivity index (χ2v) is 12.2. The summed E-state index contributed by atoms with van der Waals surface area (Å²) in [7, 11) is -0.310. The molecule has 0 bridgehead atoms. The summed E-state index contributed by atoms with van der Waals surface area (Å²) in [5.41, 5.74) is 1.21. The minimum Gasteiger partial charge on any atom is -0.494 e. The molecule has 2 fully saturated rings. The molecule has 1 aromatic carbocycles. The topological polar surface area (TPSA) is 181 Å². The zero-order chi connectivity index (χ0) is 33.4. The Kier molecular flexibility index (Phi) is 7.26. The second-order valence-electron chi connectivity index (χ2n) is 10.2. The van der Waals surface area contributed by atoms with E-state index in [-0.39, 0.29) is 72.6 Å². The van der Waals surface area contributed by atoms with Gasteiger partial charge in [0.05, 0.1) is 30.4 Å². The highest BCUT2D eigenvalue weighted by molar-refractivity contribution is 7.88. The first-order valence-electron chi connectivity index (χ1n) is 14.9. The van der Waals surface area contributed by atoms with Crippen LogP contribution in [0, 0.1) is 5.92 Å². The zero-order valence-corrected chi connectivity index (χ0v) is 24.6. The maximum atomic E-state index is 13.4. The molecule has 3 amide bonds. The largest absolute Gasteiger partial charge is 0.494 e. The summed E-state index contributed by atoms with van der Waals surface area (Å²) in [6.07, 6.45) is 2.65. The quantitative estimate of drug-likeness (QED) is 0.315. The van der Waals surface area contributed by atoms with Gasteiger partial charge in [0.15, 0.2) is 17.3 Å². The lowest BCUT2D eigenvalue weighted by Gasteiger charge is -2.33. The van der Waals surface area contributed by atoms with Crippen molar-refractivity contribution in [1.82, 2.24) is 34.5 Å². The molecule has 43 heavy (non-hydrogen) atoms. The molecular formula is C27H33N9O6S. The van der Waals surface area contributed by atoms with E-state index in [4.69, 9.17) is 8.85 Å². The van der Waals surface area contributed by atoms with Gasteiger partial charge in [-0.2, -0.15) is 9.40 Å². The summed E-state index contributed by atoms with van der Waals surface area (Å²) in [5, 5.41) is 19.9. The minimum absolute atomic E-state index is 0.0448. The monoisotopic (exact) mass is 614 g/mol. The van der Waals surface area contributed by atoms with Gasteiger partial charge >= 0.3 is 0 Å². The molecule has 1 aliphatic heterocycles. The van der Waals surface area contributed by atoms with Gasteiger partial charge in [-0.05, 0) is 31.0 Å². The number of ether oxygens (including phenoxy) is 1. The number of aryl methyl sites for hydroxylation is 1. The summed E-state index contributed by atoms with van der Waals surface area (Å²) < 4.78 is 54.5. The van der Waals surface area contributed by atoms with E-state index in [1.54, 1.807) is 36.2 Å². The molecular weight excluding hydrogens is 578 g/mol. The van der Waals surface area contributed by atoms with E-state index in [0.717, 1.165) is 19.1 Å². The van der Waals surface area contributed by atoms with Gasteiger partial charge in [0.25, 0.3) is 11.8 Å². The summed E-state index contributed by atoms with van der Waals surface area (Å²) >= 11 is 0. The molecule has 1 aliphatic carbocycles. The number of amides is 3. The molecule has 0 unspecified atom stereocenters. The number of rotatable bonds is 9. The van der Waals surface area contributed by atoms with Gasteiger partial charge in [-0.15, -0.1) is 10.2 Å². The Labute approximate surface area is 252 Å². The minimum atomic E-state index is -3.35. The van der Waals surface area contributed by atoms with E-state index in [2.05, 4.69) is 25.9 Å². The molecule has 3 heterocycles. The van der Waals surface area contributed by atoms with E-state index < -0.39 is 22.9 Å². The fourth-order valence-corrected chi connectivity index (χ4v) is 5.56. The number of para-hydroxylation sites is 1. The smallest absolute Gasteiger partial charge is 0.273 e. The number of benzene rings is 1. The van der Waals surface area contributed by atoms with Crippen molar-refractivity contribution in [3.63, 3.8) is 0 Å². The van der Waals surface area contributed by atoms with Crippen molar-refractivity contribution in [2.75, 3.05) is 57.2 Å². The number of hydrogen-bond donors (Lipinski definition) is 3. The van der Waals surface area contributed by atoms with Crippen molar-refractivity contribution in [2.45, 2.75) is 12.8 Å². The molecule has 2 aliphatic rings. The summed E-state index contributed by atoms with van der Waals surface area (Å²) in [4.78, 5) is 40.1. The number of anilines is 3. The number of hydrogen-bond acceptors (Lipinski definition) is 10. The Morgan fingerprint density at radius 2 is 1.81 bits per heavy atom. The van der Waals surface area contributed by atoms with Crippen LogP contribution >= 0.6 is 0 Å². The lowest BCUT2D eigenvalue weighted by Crippen LogP contribution is -2.50. The van der Waals surface area contributed by atoms with Crippen molar-refractivity contribution >= 4 is 44.9 Å². The van der Waals surface area contributed by atoms with E-state index in [0.29, 0.717) is 16.9 Å². The highest BCUT2D eigenvalue weighted by Gasteiger charge is 2.31. The molecule has 228 valence electrons. The van der Waals surface area contributed by atoms with Crippen molar-refractivity contribution in [2.24, 2.45) is 13.0 Å². The van der Waals surface area contributed by atoms with E-state index >= 15 is 0 Å². The van der Waals surface area contributed by atoms with Crippen LogP contribution < -0.4 is 20.7 Å². The Balaban J connectivity index is 1.44. The van der Waals surface area contributed by atoms with Gasteiger partial charge < -0.3 is 25.6 Å². The lowest BCUT2D eigenvalue weighted by molar-refractivity contribution is -0.117. The number of piperazine rings is 1. The van der Waals surface area contributed by atoms with Crippen LogP contribution in [0.5, 0.6) is 5.75 Å². The van der Waals surface area contributed by atoms with Gasteiger partial charge in [0.1, 0.15) is 5.69 Å². The van der Waals surface area contributed by atoms with Gasteiger partial charge in [0, 0.05) is 61.9 Å². The Bertz CT molecular complexity index is 1790. The second kappa shape index (κ2) is 12.0. The van der Waals surface area contributed by atoms with Crippen LogP contribution in [-0.2, 0) is 21.9 Å². The zero-order valence-electron chi connectivity index (χ0n) is 26.7. The van der Waals surface area contributed by atoms with Crippen LogP contribution in [0.1, 0.15) is 37.9 Å². The van der Waals surface area contributed by atoms with Crippen LogP contribution in [0.25, 0.3) is 11.3 Å². The van der Waals surface area contributed by atoms with Crippen LogP contribution in [0.4, 0.5) is 17.2 Å². The predicted molar refractivity (Wildman–Crippen MR) is 158 cm³/mol. The number of methoxy groups -OCH3 is 1. The first-order chi connectivity index (χ1) is 21.6. The molecule has 0 spiro atoms. The normalized spacial score (nSPS) is 16.9. The highest BCUT2D eigenvalue weighted by Crippen LogP contribution is 2.38. The first kappa shape index (κ1) is 26.1. The SMILES string of the molecule is [2H]C([2H])([2H])NC(=O)c1nnc(NC(=O)C2CC2)cc1Nc1cccc(-c2cc(C(=O)N3CCN(S(C)(=O)=O)CC3)n(C)n2)c1OC. The molecule has 3 N–H and O–H groups in total. The lowest BCUT2D eigenvalue weighted by atomic mass is 10.1. The van der Waals surface area contributed by atoms with Crippen molar-refractivity contribution in [3.8, 4) is 17.0 Å². The molecule has 2 aromatic heterocycles. The fraction of sp³-hybridized carbons (Fsp3) is 0.407. The summed E-state index contributed by atoms with van der Waals surface area (Å²) in [5.74, 6) is -1.35. The van der Waals surface area contributed by atoms with Gasteiger partial charge in [-0.1, -0.05) is 6.07 Å². The van der Waals surface area contributed by atoms with Gasteiger partial charge in [-0.25, -0.2) is 8.42 Å². The molecule has 3 aromatic rings. The summed E-state index contributed by atoms with van der Waals surface area (Å²) in [6.45, 7) is -1.94. The molecule has 16 heteroatoms. The fourth-order valence-electron chi connectivity index (χ4n) is 4.73. The molecule has 1 saturated carbocycles. The standard InChI is InChI=1S/C27H33N9O6S/c1-28-26(38)23-20(15-22(31-32-23)30-25(37)16-8-9-16)29-18-7-5-6-17(24(18)42-3)19-14-21(34(2)33-19)27(39)35-10-12-36(13-11-35)43(4,40)41/h5-7,14-16H,8-13H2,1-4H3,(H,28,38)(H2,29,30,31,37)/i1D3. The molecule has 1 saturated heterocycles. The van der Waals surface area contributed by atoms with E-state index in [1.807, 2.05) is 5.32 Å². The maximum Gasteiger partial charge on any atom is 0.273 e.